The number of hydrogen-bond donors (Lipinski definition) is 0. The van der Waals surface area contributed by atoms with E-state index in [0.29, 0.717) is 12.8 Å². The maximum Gasteiger partial charge on any atom is 0.391 e. The van der Waals surface area contributed by atoms with Crippen molar-refractivity contribution in [2.24, 2.45) is 29.6 Å². The van der Waals surface area contributed by atoms with Gasteiger partial charge in [0, 0.05) is 4.28 Å². The van der Waals surface area contributed by atoms with Crippen LogP contribution in [0.3, 0.4) is 0 Å². The minimum Gasteiger partial charge on any atom is -0.462 e. The molecule has 0 aromatic heterocycles. The fourth-order valence-electron chi connectivity index (χ4n) is 5.35. The first-order chi connectivity index (χ1) is 12.3. The Morgan fingerprint density at radius 1 is 0.808 bits per heavy atom. The summed E-state index contributed by atoms with van der Waals surface area (Å²) in [4.78, 5) is 12.4. The van der Waals surface area contributed by atoms with Crippen molar-refractivity contribution in [2.45, 2.75) is 96.3 Å². The summed E-state index contributed by atoms with van der Waals surface area (Å²) < 4.78 is 43.8. The number of carbonyl (C=O) groups is 1. The van der Waals surface area contributed by atoms with Crippen molar-refractivity contribution >= 4 is 5.97 Å². The van der Waals surface area contributed by atoms with Crippen molar-refractivity contribution in [1.29, 1.82) is 0 Å². The van der Waals surface area contributed by atoms with Gasteiger partial charge in [0.2, 0.25) is 0 Å². The van der Waals surface area contributed by atoms with E-state index in [1.807, 2.05) is 0 Å². The standard InChI is InChI=1S/C21H33F3O2.3H2/c1-14-2-4-15(5-3-14)16-6-8-17(9-7-16)20(25)26-19-12-10-18(11-13-19)21(22,23)24;;;/h14-19H,2-13H2,1H3;3*1H. The van der Waals surface area contributed by atoms with Crippen LogP contribution in [0.1, 0.15) is 88.3 Å². The van der Waals surface area contributed by atoms with Gasteiger partial charge in [-0.15, -0.1) is 0 Å². The average molecular weight is 381 g/mol. The van der Waals surface area contributed by atoms with Gasteiger partial charge in [-0.25, -0.2) is 0 Å². The monoisotopic (exact) mass is 380 g/mol. The summed E-state index contributed by atoms with van der Waals surface area (Å²) in [6, 6.07) is 0. The lowest BCUT2D eigenvalue weighted by Crippen LogP contribution is -2.34. The quantitative estimate of drug-likeness (QED) is 0.492. The Balaban J connectivity index is 0.00000261. The van der Waals surface area contributed by atoms with Gasteiger partial charge in [-0.05, 0) is 82.0 Å². The van der Waals surface area contributed by atoms with E-state index in [1.54, 1.807) is 0 Å². The summed E-state index contributed by atoms with van der Waals surface area (Å²) in [6.07, 6.45) is 5.84. The number of ether oxygens (including phenoxy) is 1. The van der Waals surface area contributed by atoms with Gasteiger partial charge in [-0.3, -0.25) is 4.79 Å². The van der Waals surface area contributed by atoms with Crippen molar-refractivity contribution in [3.63, 3.8) is 0 Å². The second-order valence-corrected chi connectivity index (χ2v) is 9.08. The van der Waals surface area contributed by atoms with Crippen LogP contribution in [0.4, 0.5) is 13.2 Å². The van der Waals surface area contributed by atoms with Crippen molar-refractivity contribution in [3.8, 4) is 0 Å². The predicted molar refractivity (Wildman–Crippen MR) is 101 cm³/mol. The number of hydrogen-bond acceptors (Lipinski definition) is 2. The van der Waals surface area contributed by atoms with Crippen LogP contribution in [0.25, 0.3) is 0 Å². The SMILES string of the molecule is CC1CCC(C2CCC(C(=O)OC3CCC(C(F)(F)F)CC3)CC2)CC1.[HH].[HH].[HH]. The zero-order valence-electron chi connectivity index (χ0n) is 15.9. The molecule has 2 nitrogen and oxygen atoms in total. The molecule has 0 unspecified atom stereocenters. The van der Waals surface area contributed by atoms with E-state index >= 15 is 0 Å². The minimum atomic E-state index is -4.11. The fourth-order valence-corrected chi connectivity index (χ4v) is 5.35. The molecule has 0 aromatic rings. The summed E-state index contributed by atoms with van der Waals surface area (Å²) in [5.41, 5.74) is 0. The Labute approximate surface area is 159 Å². The maximum absolute atomic E-state index is 12.7. The van der Waals surface area contributed by atoms with Gasteiger partial charge in [0.15, 0.2) is 0 Å². The highest BCUT2D eigenvalue weighted by atomic mass is 19.4. The summed E-state index contributed by atoms with van der Waals surface area (Å²) in [6.45, 7) is 2.34. The van der Waals surface area contributed by atoms with Gasteiger partial charge in [0.1, 0.15) is 6.10 Å². The molecular weight excluding hydrogens is 341 g/mol. The molecule has 0 N–H and O–H groups in total. The van der Waals surface area contributed by atoms with Crippen LogP contribution in [0, 0.1) is 29.6 Å². The van der Waals surface area contributed by atoms with Gasteiger partial charge in [0.05, 0.1) is 11.8 Å². The molecule has 0 spiro atoms. The summed E-state index contributed by atoms with van der Waals surface area (Å²) in [5.74, 6) is 1.05. The van der Waals surface area contributed by atoms with E-state index in [2.05, 4.69) is 6.92 Å². The summed E-state index contributed by atoms with van der Waals surface area (Å²) in [7, 11) is 0. The molecule has 5 heteroatoms. The third-order valence-corrected chi connectivity index (χ3v) is 7.25. The van der Waals surface area contributed by atoms with Crippen LogP contribution in [-0.2, 0) is 9.53 Å². The number of halogens is 3. The zero-order chi connectivity index (χ0) is 18.7. The van der Waals surface area contributed by atoms with E-state index in [0.717, 1.165) is 43.4 Å². The van der Waals surface area contributed by atoms with Crippen LogP contribution in [0.5, 0.6) is 0 Å². The van der Waals surface area contributed by atoms with Crippen LogP contribution < -0.4 is 0 Å². The molecule has 3 fully saturated rings. The van der Waals surface area contributed by atoms with E-state index in [1.165, 1.54) is 25.7 Å². The molecule has 0 amide bonds. The lowest BCUT2D eigenvalue weighted by Gasteiger charge is -2.37. The summed E-state index contributed by atoms with van der Waals surface area (Å²) in [5, 5.41) is 0. The first kappa shape index (κ1) is 20.0. The number of alkyl halides is 3. The van der Waals surface area contributed by atoms with Gasteiger partial charge in [-0.1, -0.05) is 19.8 Å². The van der Waals surface area contributed by atoms with E-state index in [9.17, 15) is 18.0 Å². The molecule has 0 saturated heterocycles. The Hall–Kier alpha value is -0.740. The Kier molecular flexibility index (Phi) is 6.55. The highest BCUT2D eigenvalue weighted by molar-refractivity contribution is 5.72. The summed E-state index contributed by atoms with van der Waals surface area (Å²) >= 11 is 0. The highest BCUT2D eigenvalue weighted by Gasteiger charge is 2.42. The lowest BCUT2D eigenvalue weighted by molar-refractivity contribution is -0.189. The van der Waals surface area contributed by atoms with Crippen LogP contribution >= 0.6 is 0 Å². The average Bonchev–Trinajstić information content (AvgIpc) is 2.62. The second-order valence-electron chi connectivity index (χ2n) is 9.08. The normalized spacial score (nSPS) is 39.4. The van der Waals surface area contributed by atoms with E-state index in [-0.39, 0.29) is 35.1 Å². The van der Waals surface area contributed by atoms with Gasteiger partial charge < -0.3 is 4.74 Å². The molecule has 156 valence electrons. The van der Waals surface area contributed by atoms with Crippen LogP contribution in [0.2, 0.25) is 0 Å². The van der Waals surface area contributed by atoms with Crippen molar-refractivity contribution in [2.75, 3.05) is 0 Å². The zero-order valence-corrected chi connectivity index (χ0v) is 15.9. The minimum absolute atomic E-state index is 0. The molecule has 0 radical (unpaired) electrons. The molecule has 26 heavy (non-hydrogen) atoms. The van der Waals surface area contributed by atoms with Gasteiger partial charge >= 0.3 is 12.1 Å². The Morgan fingerprint density at radius 2 is 1.31 bits per heavy atom. The molecule has 3 aliphatic carbocycles. The maximum atomic E-state index is 12.7. The largest absolute Gasteiger partial charge is 0.462 e. The van der Waals surface area contributed by atoms with E-state index < -0.39 is 12.1 Å². The molecule has 0 heterocycles. The van der Waals surface area contributed by atoms with Crippen molar-refractivity contribution in [1.82, 2.24) is 0 Å². The third-order valence-electron chi connectivity index (χ3n) is 7.25. The smallest absolute Gasteiger partial charge is 0.391 e. The second kappa shape index (κ2) is 8.52. The molecule has 0 bridgehead atoms. The van der Waals surface area contributed by atoms with Crippen molar-refractivity contribution < 1.29 is 27.0 Å². The van der Waals surface area contributed by atoms with Crippen LogP contribution in [-0.4, -0.2) is 18.2 Å². The molecule has 0 atom stereocenters. The number of esters is 1. The first-order valence-electron chi connectivity index (χ1n) is 10.6. The molecule has 3 aliphatic rings. The molecule has 0 aromatic carbocycles. The van der Waals surface area contributed by atoms with E-state index in [4.69, 9.17) is 4.74 Å². The Bertz CT molecular complexity index is 466. The highest BCUT2D eigenvalue weighted by Crippen LogP contribution is 2.42. The first-order valence-corrected chi connectivity index (χ1v) is 10.6. The van der Waals surface area contributed by atoms with Gasteiger partial charge in [0.25, 0.3) is 0 Å². The van der Waals surface area contributed by atoms with Crippen LogP contribution in [0.15, 0.2) is 0 Å². The van der Waals surface area contributed by atoms with Crippen molar-refractivity contribution in [3.05, 3.63) is 0 Å². The molecule has 3 saturated carbocycles. The predicted octanol–water partition coefficient (Wildman–Crippen LogP) is 7.02. The number of rotatable bonds is 3. The molecular formula is C21H39F3O2. The fraction of sp³-hybridized carbons (Fsp3) is 0.952. The lowest BCUT2D eigenvalue weighted by atomic mass is 9.69. The number of carbonyl (C=O) groups excluding carboxylic acids is 1. The Morgan fingerprint density at radius 3 is 1.81 bits per heavy atom. The topological polar surface area (TPSA) is 26.3 Å². The van der Waals surface area contributed by atoms with Gasteiger partial charge in [-0.2, -0.15) is 13.2 Å². The molecule has 3 rings (SSSR count). The third kappa shape index (κ3) is 5.16. The molecule has 0 aliphatic heterocycles.